The monoisotopic (exact) mass is 206 g/mol. The van der Waals surface area contributed by atoms with Gasteiger partial charge in [0.15, 0.2) is 6.29 Å². The second-order valence-electron chi connectivity index (χ2n) is 4.47. The fourth-order valence-corrected chi connectivity index (χ4v) is 2.49. The maximum atomic E-state index is 10.6. The number of rotatable bonds is 3. The molecule has 0 amide bonds. The summed E-state index contributed by atoms with van der Waals surface area (Å²) in [5.41, 5.74) is 0.689. The number of carbonyl (C=O) groups is 1. The SMILES string of the molecule is CCC1CCCC(n2cc(C=O)cn2)C1. The lowest BCUT2D eigenvalue weighted by molar-refractivity contribution is 0.112. The summed E-state index contributed by atoms with van der Waals surface area (Å²) in [6.45, 7) is 2.26. The van der Waals surface area contributed by atoms with Gasteiger partial charge < -0.3 is 0 Å². The first-order valence-corrected chi connectivity index (χ1v) is 5.82. The van der Waals surface area contributed by atoms with Gasteiger partial charge in [-0.3, -0.25) is 9.48 Å². The van der Waals surface area contributed by atoms with E-state index in [0.29, 0.717) is 11.6 Å². The molecule has 1 aliphatic carbocycles. The van der Waals surface area contributed by atoms with Crippen LogP contribution in [0.2, 0.25) is 0 Å². The fourth-order valence-electron chi connectivity index (χ4n) is 2.49. The molecule has 1 aliphatic rings. The normalized spacial score (nSPS) is 26.5. The third-order valence-electron chi connectivity index (χ3n) is 3.46. The molecule has 82 valence electrons. The minimum atomic E-state index is 0.511. The molecule has 1 aromatic heterocycles. The van der Waals surface area contributed by atoms with Gasteiger partial charge in [0.25, 0.3) is 0 Å². The van der Waals surface area contributed by atoms with Gasteiger partial charge in [-0.2, -0.15) is 5.10 Å². The van der Waals surface area contributed by atoms with Crippen LogP contribution in [0.15, 0.2) is 12.4 Å². The van der Waals surface area contributed by atoms with E-state index in [1.54, 1.807) is 6.20 Å². The molecule has 1 fully saturated rings. The van der Waals surface area contributed by atoms with Gasteiger partial charge in [-0.05, 0) is 18.8 Å². The van der Waals surface area contributed by atoms with Gasteiger partial charge in [-0.15, -0.1) is 0 Å². The van der Waals surface area contributed by atoms with Crippen molar-refractivity contribution in [3.8, 4) is 0 Å². The highest BCUT2D eigenvalue weighted by molar-refractivity contribution is 5.73. The Labute approximate surface area is 90.5 Å². The highest BCUT2D eigenvalue weighted by Gasteiger charge is 2.22. The fraction of sp³-hybridized carbons (Fsp3) is 0.667. The number of nitrogens with zero attached hydrogens (tertiary/aromatic N) is 2. The van der Waals surface area contributed by atoms with E-state index in [1.807, 2.05) is 10.9 Å². The standard InChI is InChI=1S/C12H18N2O/c1-2-10-4-3-5-12(6-10)14-8-11(9-15)7-13-14/h7-10,12H,2-6H2,1H3. The zero-order chi connectivity index (χ0) is 10.7. The molecular weight excluding hydrogens is 188 g/mol. The van der Waals surface area contributed by atoms with Gasteiger partial charge in [0.05, 0.1) is 17.8 Å². The third kappa shape index (κ3) is 2.28. The first kappa shape index (κ1) is 10.4. The minimum absolute atomic E-state index is 0.511. The molecule has 2 atom stereocenters. The van der Waals surface area contributed by atoms with Crippen molar-refractivity contribution in [1.29, 1.82) is 0 Å². The van der Waals surface area contributed by atoms with Gasteiger partial charge in [0.1, 0.15) is 0 Å². The second-order valence-corrected chi connectivity index (χ2v) is 4.47. The highest BCUT2D eigenvalue weighted by Crippen LogP contribution is 2.33. The Balaban J connectivity index is 2.06. The van der Waals surface area contributed by atoms with Crippen LogP contribution in [0.3, 0.4) is 0 Å². The Morgan fingerprint density at radius 2 is 2.47 bits per heavy atom. The van der Waals surface area contributed by atoms with E-state index in [9.17, 15) is 4.79 Å². The van der Waals surface area contributed by atoms with Gasteiger partial charge in [-0.25, -0.2) is 0 Å². The van der Waals surface area contributed by atoms with E-state index < -0.39 is 0 Å². The second kappa shape index (κ2) is 4.60. The highest BCUT2D eigenvalue weighted by atomic mass is 16.1. The van der Waals surface area contributed by atoms with E-state index in [4.69, 9.17) is 0 Å². The predicted molar refractivity (Wildman–Crippen MR) is 58.9 cm³/mol. The van der Waals surface area contributed by atoms with Crippen LogP contribution in [0, 0.1) is 5.92 Å². The zero-order valence-electron chi connectivity index (χ0n) is 9.22. The van der Waals surface area contributed by atoms with Crippen molar-refractivity contribution in [2.75, 3.05) is 0 Å². The smallest absolute Gasteiger partial charge is 0.153 e. The summed E-state index contributed by atoms with van der Waals surface area (Å²) in [5, 5.41) is 4.26. The quantitative estimate of drug-likeness (QED) is 0.713. The summed E-state index contributed by atoms with van der Waals surface area (Å²) in [6.07, 6.45) is 10.7. The molecule has 2 rings (SSSR count). The van der Waals surface area contributed by atoms with Crippen LogP contribution in [0.25, 0.3) is 0 Å². The Hall–Kier alpha value is -1.12. The van der Waals surface area contributed by atoms with Crippen molar-refractivity contribution in [2.45, 2.75) is 45.1 Å². The Morgan fingerprint density at radius 3 is 3.13 bits per heavy atom. The van der Waals surface area contributed by atoms with Crippen LogP contribution in [0.4, 0.5) is 0 Å². The van der Waals surface area contributed by atoms with Gasteiger partial charge in [-0.1, -0.05) is 26.2 Å². The molecule has 1 aromatic rings. The number of carbonyl (C=O) groups excluding carboxylic acids is 1. The van der Waals surface area contributed by atoms with Crippen LogP contribution >= 0.6 is 0 Å². The summed E-state index contributed by atoms with van der Waals surface area (Å²) >= 11 is 0. The average Bonchev–Trinajstić information content (AvgIpc) is 2.78. The lowest BCUT2D eigenvalue weighted by atomic mass is 9.84. The topological polar surface area (TPSA) is 34.9 Å². The molecule has 1 saturated carbocycles. The van der Waals surface area contributed by atoms with E-state index in [-0.39, 0.29) is 0 Å². The van der Waals surface area contributed by atoms with Crippen LogP contribution < -0.4 is 0 Å². The van der Waals surface area contributed by atoms with Crippen molar-refractivity contribution < 1.29 is 4.79 Å². The summed E-state index contributed by atoms with van der Waals surface area (Å²) in [5.74, 6) is 0.840. The minimum Gasteiger partial charge on any atom is -0.298 e. The summed E-state index contributed by atoms with van der Waals surface area (Å²) in [7, 11) is 0. The average molecular weight is 206 g/mol. The van der Waals surface area contributed by atoms with Crippen LogP contribution in [-0.2, 0) is 0 Å². The molecule has 0 aromatic carbocycles. The Morgan fingerprint density at radius 1 is 1.60 bits per heavy atom. The number of hydrogen-bond donors (Lipinski definition) is 0. The molecule has 2 unspecified atom stereocenters. The van der Waals surface area contributed by atoms with Crippen molar-refractivity contribution >= 4 is 6.29 Å². The van der Waals surface area contributed by atoms with Crippen molar-refractivity contribution in [2.24, 2.45) is 5.92 Å². The molecule has 3 nitrogen and oxygen atoms in total. The zero-order valence-corrected chi connectivity index (χ0v) is 9.22. The molecule has 0 N–H and O–H groups in total. The van der Waals surface area contributed by atoms with E-state index in [1.165, 1.54) is 32.1 Å². The molecule has 0 radical (unpaired) electrons. The van der Waals surface area contributed by atoms with Crippen LogP contribution in [-0.4, -0.2) is 16.1 Å². The molecule has 0 aliphatic heterocycles. The van der Waals surface area contributed by atoms with E-state index in [2.05, 4.69) is 12.0 Å². The Kier molecular flexibility index (Phi) is 3.19. The molecular formula is C12H18N2O. The summed E-state index contributed by atoms with van der Waals surface area (Å²) < 4.78 is 1.98. The third-order valence-corrected chi connectivity index (χ3v) is 3.46. The van der Waals surface area contributed by atoms with E-state index >= 15 is 0 Å². The molecule has 3 heteroatoms. The molecule has 0 saturated heterocycles. The maximum absolute atomic E-state index is 10.6. The first-order chi connectivity index (χ1) is 7.33. The molecule has 15 heavy (non-hydrogen) atoms. The maximum Gasteiger partial charge on any atom is 0.153 e. The predicted octanol–water partition coefficient (Wildman–Crippen LogP) is 2.84. The van der Waals surface area contributed by atoms with Crippen LogP contribution in [0.1, 0.15) is 55.4 Å². The van der Waals surface area contributed by atoms with Gasteiger partial charge in [0, 0.05) is 6.20 Å². The first-order valence-electron chi connectivity index (χ1n) is 5.82. The number of hydrogen-bond acceptors (Lipinski definition) is 2. The molecule has 0 bridgehead atoms. The molecule has 1 heterocycles. The van der Waals surface area contributed by atoms with Crippen LogP contribution in [0.5, 0.6) is 0 Å². The van der Waals surface area contributed by atoms with E-state index in [0.717, 1.165) is 12.2 Å². The largest absolute Gasteiger partial charge is 0.298 e. The van der Waals surface area contributed by atoms with Crippen molar-refractivity contribution in [1.82, 2.24) is 9.78 Å². The Bertz CT molecular complexity index is 332. The van der Waals surface area contributed by atoms with Gasteiger partial charge in [0.2, 0.25) is 0 Å². The van der Waals surface area contributed by atoms with Crippen molar-refractivity contribution in [3.63, 3.8) is 0 Å². The number of aromatic nitrogens is 2. The van der Waals surface area contributed by atoms with Gasteiger partial charge >= 0.3 is 0 Å². The number of aldehydes is 1. The molecule has 0 spiro atoms. The summed E-state index contributed by atoms with van der Waals surface area (Å²) in [6, 6.07) is 0.511. The summed E-state index contributed by atoms with van der Waals surface area (Å²) in [4.78, 5) is 10.6. The lowest BCUT2D eigenvalue weighted by Crippen LogP contribution is -2.19. The lowest BCUT2D eigenvalue weighted by Gasteiger charge is -2.28. The van der Waals surface area contributed by atoms with Crippen molar-refractivity contribution in [3.05, 3.63) is 18.0 Å².